The molecule has 0 saturated heterocycles. The van der Waals surface area contributed by atoms with Crippen LogP contribution in [0.25, 0.3) is 0 Å². The van der Waals surface area contributed by atoms with Gasteiger partial charge in [0.05, 0.1) is 7.11 Å². The molecule has 0 bridgehead atoms. The van der Waals surface area contributed by atoms with Crippen molar-refractivity contribution in [1.82, 2.24) is 0 Å². The number of fused-ring (bicyclic) bond motifs is 1. The maximum atomic E-state index is 13.0. The molecule has 1 aliphatic carbocycles. The van der Waals surface area contributed by atoms with Crippen LogP contribution in [-0.2, 0) is 6.42 Å². The molecule has 0 heterocycles. The van der Waals surface area contributed by atoms with E-state index in [1.807, 2.05) is 0 Å². The molecule has 13 heavy (non-hydrogen) atoms. The van der Waals surface area contributed by atoms with E-state index in [0.29, 0.717) is 11.3 Å². The number of hydrogen-bond acceptors (Lipinski definition) is 2. The lowest BCUT2D eigenvalue weighted by Gasteiger charge is -2.01. The normalized spacial score (nSPS) is 20.2. The van der Waals surface area contributed by atoms with Crippen molar-refractivity contribution in [2.75, 3.05) is 7.11 Å². The summed E-state index contributed by atoms with van der Waals surface area (Å²) in [4.78, 5) is 11.2. The van der Waals surface area contributed by atoms with Crippen LogP contribution in [0.3, 0.4) is 0 Å². The van der Waals surface area contributed by atoms with E-state index < -0.39 is 12.0 Å². The monoisotopic (exact) mass is 180 g/mol. The van der Waals surface area contributed by atoms with Gasteiger partial charge in [-0.25, -0.2) is 4.39 Å². The SMILES string of the molecule is COc1ccc2c(c1)C[C@@H](F)C2=O. The summed E-state index contributed by atoms with van der Waals surface area (Å²) in [5, 5.41) is 0. The molecule has 0 amide bonds. The lowest BCUT2D eigenvalue weighted by atomic mass is 10.1. The topological polar surface area (TPSA) is 26.3 Å². The molecule has 0 unspecified atom stereocenters. The number of rotatable bonds is 1. The molecule has 68 valence electrons. The van der Waals surface area contributed by atoms with Crippen LogP contribution in [0.5, 0.6) is 5.75 Å². The van der Waals surface area contributed by atoms with Crippen LogP contribution >= 0.6 is 0 Å². The molecule has 0 aromatic heterocycles. The molecule has 3 heteroatoms. The second kappa shape index (κ2) is 2.83. The molecule has 1 atom stereocenters. The Kier molecular flexibility index (Phi) is 1.79. The predicted octanol–water partition coefficient (Wildman–Crippen LogP) is 1.77. The van der Waals surface area contributed by atoms with E-state index in [0.717, 1.165) is 5.56 Å². The number of methoxy groups -OCH3 is 1. The first-order valence-electron chi connectivity index (χ1n) is 4.07. The van der Waals surface area contributed by atoms with Crippen molar-refractivity contribution in [2.45, 2.75) is 12.6 Å². The van der Waals surface area contributed by atoms with E-state index in [4.69, 9.17) is 4.74 Å². The fourth-order valence-electron chi connectivity index (χ4n) is 1.56. The molecule has 1 aliphatic rings. The molecule has 0 aliphatic heterocycles. The standard InChI is InChI=1S/C10H9FO2/c1-13-7-2-3-8-6(4-7)5-9(11)10(8)12/h2-4,9H,5H2,1H3/t9-/m1/s1. The lowest BCUT2D eigenvalue weighted by molar-refractivity contribution is 0.0899. The first-order chi connectivity index (χ1) is 6.22. The molecule has 0 saturated carbocycles. The molecule has 0 N–H and O–H groups in total. The zero-order chi connectivity index (χ0) is 9.42. The number of ketones is 1. The maximum Gasteiger partial charge on any atom is 0.197 e. The Morgan fingerprint density at radius 2 is 2.31 bits per heavy atom. The Morgan fingerprint density at radius 1 is 1.54 bits per heavy atom. The molecular weight excluding hydrogens is 171 g/mol. The van der Waals surface area contributed by atoms with Crippen LogP contribution in [0, 0.1) is 0 Å². The third kappa shape index (κ3) is 1.20. The van der Waals surface area contributed by atoms with Crippen LogP contribution in [0.15, 0.2) is 18.2 Å². The minimum atomic E-state index is -1.36. The Hall–Kier alpha value is -1.38. The van der Waals surface area contributed by atoms with E-state index in [-0.39, 0.29) is 6.42 Å². The van der Waals surface area contributed by atoms with Gasteiger partial charge in [-0.1, -0.05) is 0 Å². The molecule has 1 aromatic carbocycles. The van der Waals surface area contributed by atoms with Gasteiger partial charge in [-0.2, -0.15) is 0 Å². The number of carbonyl (C=O) groups excluding carboxylic acids is 1. The fourth-order valence-corrected chi connectivity index (χ4v) is 1.56. The number of ether oxygens (including phenoxy) is 1. The molecule has 0 spiro atoms. The lowest BCUT2D eigenvalue weighted by Crippen LogP contribution is -2.07. The summed E-state index contributed by atoms with van der Waals surface area (Å²) in [7, 11) is 1.55. The van der Waals surface area contributed by atoms with Gasteiger partial charge >= 0.3 is 0 Å². The summed E-state index contributed by atoms with van der Waals surface area (Å²) in [5.41, 5.74) is 1.24. The van der Waals surface area contributed by atoms with Crippen molar-refractivity contribution < 1.29 is 13.9 Å². The zero-order valence-electron chi connectivity index (χ0n) is 7.21. The van der Waals surface area contributed by atoms with E-state index in [9.17, 15) is 9.18 Å². The minimum Gasteiger partial charge on any atom is -0.497 e. The van der Waals surface area contributed by atoms with Gasteiger partial charge in [-0.15, -0.1) is 0 Å². The van der Waals surface area contributed by atoms with Crippen molar-refractivity contribution in [1.29, 1.82) is 0 Å². The van der Waals surface area contributed by atoms with Gasteiger partial charge in [0.15, 0.2) is 12.0 Å². The van der Waals surface area contributed by atoms with Crippen LogP contribution in [0.4, 0.5) is 4.39 Å². The van der Waals surface area contributed by atoms with Crippen LogP contribution in [-0.4, -0.2) is 19.1 Å². The number of carbonyl (C=O) groups is 1. The Balaban J connectivity index is 2.46. The summed E-state index contributed by atoms with van der Waals surface area (Å²) < 4.78 is 17.9. The molecule has 0 radical (unpaired) electrons. The van der Waals surface area contributed by atoms with Crippen LogP contribution in [0.1, 0.15) is 15.9 Å². The van der Waals surface area contributed by atoms with Crippen molar-refractivity contribution in [3.8, 4) is 5.75 Å². The van der Waals surface area contributed by atoms with Crippen molar-refractivity contribution >= 4 is 5.78 Å². The molecule has 2 nitrogen and oxygen atoms in total. The fraction of sp³-hybridized carbons (Fsp3) is 0.300. The van der Waals surface area contributed by atoms with Crippen molar-refractivity contribution in [3.63, 3.8) is 0 Å². The predicted molar refractivity (Wildman–Crippen MR) is 45.9 cm³/mol. The first kappa shape index (κ1) is 8.23. The highest BCUT2D eigenvalue weighted by Gasteiger charge is 2.30. The number of halogens is 1. The second-order valence-electron chi connectivity index (χ2n) is 3.06. The molecular formula is C10H9FO2. The van der Waals surface area contributed by atoms with Crippen molar-refractivity contribution in [3.05, 3.63) is 29.3 Å². The summed E-state index contributed by atoms with van der Waals surface area (Å²) in [6.45, 7) is 0. The smallest absolute Gasteiger partial charge is 0.197 e. The van der Waals surface area contributed by atoms with Gasteiger partial charge in [-0.3, -0.25) is 4.79 Å². The van der Waals surface area contributed by atoms with E-state index >= 15 is 0 Å². The summed E-state index contributed by atoms with van der Waals surface area (Å²) in [5.74, 6) is 0.262. The minimum absolute atomic E-state index is 0.186. The highest BCUT2D eigenvalue weighted by molar-refractivity contribution is 6.03. The van der Waals surface area contributed by atoms with Crippen LogP contribution < -0.4 is 4.74 Å². The maximum absolute atomic E-state index is 13.0. The number of benzene rings is 1. The van der Waals surface area contributed by atoms with E-state index in [1.165, 1.54) is 0 Å². The highest BCUT2D eigenvalue weighted by Crippen LogP contribution is 2.27. The Bertz CT molecular complexity index is 360. The number of hydrogen-bond donors (Lipinski definition) is 0. The van der Waals surface area contributed by atoms with Gasteiger partial charge in [-0.05, 0) is 23.8 Å². The summed E-state index contributed by atoms with van der Waals surface area (Å²) >= 11 is 0. The highest BCUT2D eigenvalue weighted by atomic mass is 19.1. The quantitative estimate of drug-likeness (QED) is 0.658. The van der Waals surface area contributed by atoms with Gasteiger partial charge in [0.25, 0.3) is 0 Å². The molecule has 1 aromatic rings. The average molecular weight is 180 g/mol. The Labute approximate surface area is 75.3 Å². The third-order valence-corrected chi connectivity index (χ3v) is 2.26. The van der Waals surface area contributed by atoms with Gasteiger partial charge in [0.1, 0.15) is 5.75 Å². The third-order valence-electron chi connectivity index (χ3n) is 2.26. The average Bonchev–Trinajstić information content (AvgIpc) is 2.42. The zero-order valence-corrected chi connectivity index (χ0v) is 7.21. The summed E-state index contributed by atoms with van der Waals surface area (Å²) in [6.07, 6.45) is -1.17. The molecule has 2 rings (SSSR count). The summed E-state index contributed by atoms with van der Waals surface area (Å²) in [6, 6.07) is 5.01. The largest absolute Gasteiger partial charge is 0.497 e. The second-order valence-corrected chi connectivity index (χ2v) is 3.06. The molecule has 0 fully saturated rings. The van der Waals surface area contributed by atoms with Gasteiger partial charge in [0, 0.05) is 12.0 Å². The first-order valence-corrected chi connectivity index (χ1v) is 4.07. The van der Waals surface area contributed by atoms with E-state index in [2.05, 4.69) is 0 Å². The van der Waals surface area contributed by atoms with Gasteiger partial charge in [0.2, 0.25) is 0 Å². The van der Waals surface area contributed by atoms with Crippen molar-refractivity contribution in [2.24, 2.45) is 0 Å². The number of alkyl halides is 1. The Morgan fingerprint density at radius 3 is 3.00 bits per heavy atom. The van der Waals surface area contributed by atoms with Gasteiger partial charge < -0.3 is 4.74 Å². The van der Waals surface area contributed by atoms with Crippen LogP contribution in [0.2, 0.25) is 0 Å². The number of Topliss-reactive ketones (excluding diaryl/α,β-unsaturated/α-hetero) is 1. The van der Waals surface area contributed by atoms with E-state index in [1.54, 1.807) is 25.3 Å².